The van der Waals surface area contributed by atoms with Crippen molar-refractivity contribution in [1.29, 1.82) is 0 Å². The van der Waals surface area contributed by atoms with Crippen LogP contribution in [-0.2, 0) is 4.79 Å². The van der Waals surface area contributed by atoms with E-state index in [1.807, 2.05) is 18.7 Å². The highest BCUT2D eigenvalue weighted by atomic mass is 79.9. The lowest BCUT2D eigenvalue weighted by atomic mass is 10.2. The second kappa shape index (κ2) is 3.96. The fourth-order valence-corrected chi connectivity index (χ4v) is 2.48. The third-order valence-electron chi connectivity index (χ3n) is 2.78. The molecule has 2 rings (SSSR count). The highest BCUT2D eigenvalue weighted by Gasteiger charge is 2.32. The van der Waals surface area contributed by atoms with Gasteiger partial charge in [0.2, 0.25) is 5.91 Å². The van der Waals surface area contributed by atoms with Crippen LogP contribution < -0.4 is 4.90 Å². The fraction of sp³-hybridized carbons (Fsp3) is 0.600. The molecular weight excluding hydrogens is 258 g/mol. The molecule has 4 nitrogen and oxygen atoms in total. The predicted octanol–water partition coefficient (Wildman–Crippen LogP) is 1.77. The molecule has 2 heterocycles. The molecule has 5 heteroatoms. The normalized spacial score (nSPS) is 21.4. The standard InChI is InChI=1S/C10H14BrN3O/c1-6-10(7(2)13-12-6)14-5-8(4-11)3-9(14)15/h8H,3-5H2,1-2H3,(H,12,13). The second-order valence-electron chi connectivity index (χ2n) is 4.01. The molecule has 1 atom stereocenters. The minimum Gasteiger partial charge on any atom is -0.309 e. The molecule has 1 aromatic rings. The summed E-state index contributed by atoms with van der Waals surface area (Å²) in [5, 5.41) is 7.91. The monoisotopic (exact) mass is 271 g/mol. The first-order valence-corrected chi connectivity index (χ1v) is 6.13. The Hall–Kier alpha value is -0.840. The van der Waals surface area contributed by atoms with Crippen LogP contribution in [-0.4, -0.2) is 28.0 Å². The molecule has 1 N–H and O–H groups in total. The van der Waals surface area contributed by atoms with E-state index in [1.54, 1.807) is 0 Å². The number of nitrogens with zero attached hydrogens (tertiary/aromatic N) is 2. The quantitative estimate of drug-likeness (QED) is 0.834. The Morgan fingerprint density at radius 1 is 1.60 bits per heavy atom. The second-order valence-corrected chi connectivity index (χ2v) is 4.66. The Morgan fingerprint density at radius 2 is 2.33 bits per heavy atom. The third kappa shape index (κ3) is 1.80. The van der Waals surface area contributed by atoms with E-state index in [1.165, 1.54) is 0 Å². The minimum atomic E-state index is 0.201. The van der Waals surface area contributed by atoms with Gasteiger partial charge in [-0.1, -0.05) is 15.9 Å². The molecule has 1 aliphatic rings. The molecule has 0 radical (unpaired) electrons. The first-order valence-electron chi connectivity index (χ1n) is 5.01. The Balaban J connectivity index is 2.29. The predicted molar refractivity (Wildman–Crippen MR) is 62.3 cm³/mol. The molecule has 0 aromatic carbocycles. The summed E-state index contributed by atoms with van der Waals surface area (Å²) in [6, 6.07) is 0. The van der Waals surface area contributed by atoms with Gasteiger partial charge in [-0.05, 0) is 19.8 Å². The van der Waals surface area contributed by atoms with Crippen molar-refractivity contribution >= 4 is 27.5 Å². The van der Waals surface area contributed by atoms with Crippen molar-refractivity contribution in [2.75, 3.05) is 16.8 Å². The summed E-state index contributed by atoms with van der Waals surface area (Å²) in [5.41, 5.74) is 2.83. The van der Waals surface area contributed by atoms with Gasteiger partial charge in [-0.2, -0.15) is 5.10 Å². The van der Waals surface area contributed by atoms with Gasteiger partial charge in [0.15, 0.2) is 0 Å². The molecule has 0 saturated carbocycles. The summed E-state index contributed by atoms with van der Waals surface area (Å²) >= 11 is 3.43. The van der Waals surface area contributed by atoms with E-state index in [0.717, 1.165) is 29.0 Å². The Bertz CT molecular complexity index is 369. The molecule has 1 amide bonds. The topological polar surface area (TPSA) is 49.0 Å². The van der Waals surface area contributed by atoms with E-state index in [4.69, 9.17) is 0 Å². The van der Waals surface area contributed by atoms with E-state index in [9.17, 15) is 4.79 Å². The van der Waals surface area contributed by atoms with Crippen LogP contribution in [0.5, 0.6) is 0 Å². The maximum Gasteiger partial charge on any atom is 0.227 e. The van der Waals surface area contributed by atoms with Gasteiger partial charge in [0, 0.05) is 18.3 Å². The first kappa shape index (κ1) is 10.7. The number of hydrogen-bond acceptors (Lipinski definition) is 2. The van der Waals surface area contributed by atoms with Crippen LogP contribution in [0.4, 0.5) is 5.69 Å². The number of hydrogen-bond donors (Lipinski definition) is 1. The third-order valence-corrected chi connectivity index (χ3v) is 3.70. The van der Waals surface area contributed by atoms with Gasteiger partial charge in [0.05, 0.1) is 17.1 Å². The van der Waals surface area contributed by atoms with Gasteiger partial charge in [-0.15, -0.1) is 0 Å². The number of nitrogens with one attached hydrogen (secondary N) is 1. The molecule has 1 aromatic heterocycles. The van der Waals surface area contributed by atoms with Gasteiger partial charge in [-0.3, -0.25) is 9.89 Å². The number of aromatic amines is 1. The van der Waals surface area contributed by atoms with Crippen molar-refractivity contribution in [1.82, 2.24) is 10.2 Å². The number of alkyl halides is 1. The Labute approximate surface area is 97.2 Å². The lowest BCUT2D eigenvalue weighted by Gasteiger charge is -2.16. The van der Waals surface area contributed by atoms with Crippen molar-refractivity contribution in [3.8, 4) is 0 Å². The largest absolute Gasteiger partial charge is 0.309 e. The van der Waals surface area contributed by atoms with E-state index in [-0.39, 0.29) is 5.91 Å². The van der Waals surface area contributed by atoms with Crippen molar-refractivity contribution in [2.45, 2.75) is 20.3 Å². The molecule has 1 saturated heterocycles. The van der Waals surface area contributed by atoms with Crippen LogP contribution in [0.3, 0.4) is 0 Å². The van der Waals surface area contributed by atoms with Crippen LogP contribution in [0, 0.1) is 19.8 Å². The maximum absolute atomic E-state index is 11.8. The first-order chi connectivity index (χ1) is 7.13. The number of carbonyl (C=O) groups excluding carboxylic acids is 1. The van der Waals surface area contributed by atoms with Gasteiger partial charge in [0.25, 0.3) is 0 Å². The molecule has 1 fully saturated rings. The fourth-order valence-electron chi connectivity index (χ4n) is 2.04. The number of rotatable bonds is 2. The highest BCUT2D eigenvalue weighted by Crippen LogP contribution is 2.29. The molecule has 1 aliphatic heterocycles. The smallest absolute Gasteiger partial charge is 0.227 e. The summed E-state index contributed by atoms with van der Waals surface area (Å²) in [7, 11) is 0. The zero-order chi connectivity index (χ0) is 11.0. The van der Waals surface area contributed by atoms with Gasteiger partial charge < -0.3 is 4.90 Å². The SMILES string of the molecule is Cc1n[nH]c(C)c1N1CC(CBr)CC1=O. The molecular formula is C10H14BrN3O. The van der Waals surface area contributed by atoms with Crippen LogP contribution in [0.1, 0.15) is 17.8 Å². The number of aryl methyl sites for hydroxylation is 2. The molecule has 0 bridgehead atoms. The van der Waals surface area contributed by atoms with E-state index in [0.29, 0.717) is 12.3 Å². The number of amides is 1. The van der Waals surface area contributed by atoms with Crippen LogP contribution in [0.25, 0.3) is 0 Å². The summed E-state index contributed by atoms with van der Waals surface area (Å²) in [6.45, 7) is 4.67. The molecule has 0 aliphatic carbocycles. The lowest BCUT2D eigenvalue weighted by molar-refractivity contribution is -0.117. The molecule has 0 spiro atoms. The van der Waals surface area contributed by atoms with Gasteiger partial charge >= 0.3 is 0 Å². The molecule has 1 unspecified atom stereocenters. The summed E-state index contributed by atoms with van der Waals surface area (Å²) in [5.74, 6) is 0.623. The summed E-state index contributed by atoms with van der Waals surface area (Å²) < 4.78 is 0. The maximum atomic E-state index is 11.8. The van der Waals surface area contributed by atoms with Crippen molar-refractivity contribution in [2.24, 2.45) is 5.92 Å². The van der Waals surface area contributed by atoms with Crippen LogP contribution in [0.15, 0.2) is 0 Å². The molecule has 82 valence electrons. The van der Waals surface area contributed by atoms with Gasteiger partial charge in [0.1, 0.15) is 0 Å². The number of aromatic nitrogens is 2. The lowest BCUT2D eigenvalue weighted by Crippen LogP contribution is -2.25. The van der Waals surface area contributed by atoms with E-state index in [2.05, 4.69) is 26.1 Å². The van der Waals surface area contributed by atoms with Crippen molar-refractivity contribution in [3.63, 3.8) is 0 Å². The minimum absolute atomic E-state index is 0.201. The average Bonchev–Trinajstić information content (AvgIpc) is 2.71. The highest BCUT2D eigenvalue weighted by molar-refractivity contribution is 9.09. The Kier molecular flexibility index (Phi) is 2.82. The number of halogens is 1. The van der Waals surface area contributed by atoms with Crippen LogP contribution in [0.2, 0.25) is 0 Å². The Morgan fingerprint density at radius 3 is 2.80 bits per heavy atom. The summed E-state index contributed by atoms with van der Waals surface area (Å²) in [4.78, 5) is 13.7. The number of anilines is 1. The van der Waals surface area contributed by atoms with E-state index >= 15 is 0 Å². The van der Waals surface area contributed by atoms with Crippen LogP contribution >= 0.6 is 15.9 Å². The van der Waals surface area contributed by atoms with Crippen molar-refractivity contribution < 1.29 is 4.79 Å². The summed E-state index contributed by atoms with van der Waals surface area (Å²) in [6.07, 6.45) is 0.634. The zero-order valence-corrected chi connectivity index (χ0v) is 10.5. The molecule has 15 heavy (non-hydrogen) atoms. The number of carbonyl (C=O) groups is 1. The van der Waals surface area contributed by atoms with E-state index < -0.39 is 0 Å². The average molecular weight is 272 g/mol. The number of H-pyrrole nitrogens is 1. The zero-order valence-electron chi connectivity index (χ0n) is 8.88. The van der Waals surface area contributed by atoms with Gasteiger partial charge in [-0.25, -0.2) is 0 Å². The van der Waals surface area contributed by atoms with Crippen molar-refractivity contribution in [3.05, 3.63) is 11.4 Å².